The third-order valence-electron chi connectivity index (χ3n) is 4.72. The Labute approximate surface area is 179 Å². The molecule has 1 saturated heterocycles. The van der Waals surface area contributed by atoms with Crippen molar-refractivity contribution in [1.29, 1.82) is 0 Å². The lowest BCUT2D eigenvalue weighted by atomic mass is 10.1. The number of hydrogen-bond acceptors (Lipinski definition) is 8. The van der Waals surface area contributed by atoms with Crippen LogP contribution in [0.5, 0.6) is 5.75 Å². The van der Waals surface area contributed by atoms with E-state index in [0.717, 1.165) is 11.3 Å². The molecule has 1 aromatic heterocycles. The zero-order valence-corrected chi connectivity index (χ0v) is 18.1. The molecule has 0 unspecified atom stereocenters. The SMILES string of the molecule is CCOC(=O)N1CCC(NC(=O)CSc2nnnn2-c2cc(C)ccc2OC)CC1. The van der Waals surface area contributed by atoms with Crippen molar-refractivity contribution in [2.24, 2.45) is 0 Å². The summed E-state index contributed by atoms with van der Waals surface area (Å²) in [7, 11) is 1.59. The Morgan fingerprint density at radius 2 is 2.07 bits per heavy atom. The summed E-state index contributed by atoms with van der Waals surface area (Å²) in [4.78, 5) is 25.8. The minimum Gasteiger partial charge on any atom is -0.494 e. The largest absolute Gasteiger partial charge is 0.494 e. The van der Waals surface area contributed by atoms with E-state index in [1.807, 2.05) is 25.1 Å². The van der Waals surface area contributed by atoms with E-state index in [1.54, 1.807) is 23.6 Å². The fourth-order valence-corrected chi connectivity index (χ4v) is 3.90. The van der Waals surface area contributed by atoms with Gasteiger partial charge in [-0.25, -0.2) is 4.79 Å². The molecule has 11 heteroatoms. The highest BCUT2D eigenvalue weighted by atomic mass is 32.2. The van der Waals surface area contributed by atoms with Crippen LogP contribution >= 0.6 is 11.8 Å². The van der Waals surface area contributed by atoms with Crippen LogP contribution in [0.25, 0.3) is 5.69 Å². The van der Waals surface area contributed by atoms with Crippen molar-refractivity contribution >= 4 is 23.8 Å². The fourth-order valence-electron chi connectivity index (χ4n) is 3.21. The van der Waals surface area contributed by atoms with E-state index in [1.165, 1.54) is 11.8 Å². The lowest BCUT2D eigenvalue weighted by Crippen LogP contribution is -2.47. The summed E-state index contributed by atoms with van der Waals surface area (Å²) in [6.45, 7) is 5.26. The molecule has 0 spiro atoms. The molecule has 1 aliphatic heterocycles. The smallest absolute Gasteiger partial charge is 0.409 e. The standard InChI is InChI=1S/C19H26N6O4S/c1-4-29-19(27)24-9-7-14(8-10-24)20-17(26)12-30-18-21-22-23-25(18)15-11-13(2)5-6-16(15)28-3/h5-6,11,14H,4,7-10,12H2,1-3H3,(H,20,26). The van der Waals surface area contributed by atoms with E-state index in [0.29, 0.717) is 43.4 Å². The summed E-state index contributed by atoms with van der Waals surface area (Å²) < 4.78 is 12.0. The number of amides is 2. The Bertz CT molecular complexity index is 882. The molecule has 2 aromatic rings. The normalized spacial score (nSPS) is 14.4. The van der Waals surface area contributed by atoms with Crippen molar-refractivity contribution < 1.29 is 19.1 Å². The average Bonchev–Trinajstić information content (AvgIpc) is 3.21. The number of rotatable bonds is 7. The molecule has 0 radical (unpaired) electrons. The van der Waals surface area contributed by atoms with Gasteiger partial charge in [0.15, 0.2) is 0 Å². The molecule has 1 aromatic carbocycles. The van der Waals surface area contributed by atoms with Gasteiger partial charge in [-0.15, -0.1) is 5.10 Å². The van der Waals surface area contributed by atoms with Gasteiger partial charge in [-0.05, 0) is 54.8 Å². The quantitative estimate of drug-likeness (QED) is 0.657. The summed E-state index contributed by atoms with van der Waals surface area (Å²) in [5.74, 6) is 0.736. The number of aryl methyl sites for hydroxylation is 1. The molecule has 0 atom stereocenters. The topological polar surface area (TPSA) is 111 Å². The molecule has 10 nitrogen and oxygen atoms in total. The van der Waals surface area contributed by atoms with Crippen molar-refractivity contribution in [1.82, 2.24) is 30.4 Å². The minimum absolute atomic E-state index is 0.0386. The van der Waals surface area contributed by atoms with Crippen LogP contribution in [0, 0.1) is 6.92 Å². The Kier molecular flexibility index (Phi) is 7.50. The van der Waals surface area contributed by atoms with Crippen molar-refractivity contribution in [3.63, 3.8) is 0 Å². The van der Waals surface area contributed by atoms with Gasteiger partial charge in [-0.2, -0.15) is 4.68 Å². The molecular weight excluding hydrogens is 408 g/mol. The first-order valence-electron chi connectivity index (χ1n) is 9.79. The monoisotopic (exact) mass is 434 g/mol. The number of carbonyl (C=O) groups is 2. The molecule has 0 bridgehead atoms. The molecule has 1 N–H and O–H groups in total. The van der Waals surface area contributed by atoms with Crippen molar-refractivity contribution in [3.05, 3.63) is 23.8 Å². The van der Waals surface area contributed by atoms with E-state index in [-0.39, 0.29) is 23.8 Å². The van der Waals surface area contributed by atoms with Crippen LogP contribution < -0.4 is 10.1 Å². The van der Waals surface area contributed by atoms with Crippen molar-refractivity contribution in [2.45, 2.75) is 37.9 Å². The van der Waals surface area contributed by atoms with Gasteiger partial charge in [0.25, 0.3) is 0 Å². The summed E-state index contributed by atoms with van der Waals surface area (Å²) in [5.41, 5.74) is 1.76. The molecular formula is C19H26N6O4S. The number of nitrogens with one attached hydrogen (secondary N) is 1. The summed E-state index contributed by atoms with van der Waals surface area (Å²) in [5, 5.41) is 15.3. The van der Waals surface area contributed by atoms with Gasteiger partial charge in [0.2, 0.25) is 11.1 Å². The van der Waals surface area contributed by atoms with E-state index in [2.05, 4.69) is 20.8 Å². The predicted molar refractivity (Wildman–Crippen MR) is 111 cm³/mol. The highest BCUT2D eigenvalue weighted by Crippen LogP contribution is 2.27. The van der Waals surface area contributed by atoms with Gasteiger partial charge in [0.1, 0.15) is 11.4 Å². The number of nitrogens with zero attached hydrogens (tertiary/aromatic N) is 5. The number of benzene rings is 1. The molecule has 0 aliphatic carbocycles. The molecule has 2 heterocycles. The predicted octanol–water partition coefficient (Wildman–Crippen LogP) is 1.81. The van der Waals surface area contributed by atoms with Gasteiger partial charge in [0, 0.05) is 19.1 Å². The summed E-state index contributed by atoms with van der Waals surface area (Å²) in [6, 6.07) is 5.77. The van der Waals surface area contributed by atoms with Gasteiger partial charge >= 0.3 is 6.09 Å². The highest BCUT2D eigenvalue weighted by Gasteiger charge is 2.25. The van der Waals surface area contributed by atoms with Crippen LogP contribution in [0.4, 0.5) is 4.79 Å². The lowest BCUT2D eigenvalue weighted by molar-refractivity contribution is -0.119. The first kappa shape index (κ1) is 21.9. The molecule has 1 aliphatic rings. The number of tetrazole rings is 1. The molecule has 162 valence electrons. The second-order valence-corrected chi connectivity index (χ2v) is 7.81. The van der Waals surface area contributed by atoms with Crippen LogP contribution in [0.1, 0.15) is 25.3 Å². The third-order valence-corrected chi connectivity index (χ3v) is 5.64. The number of thioether (sulfide) groups is 1. The number of hydrogen-bond donors (Lipinski definition) is 1. The maximum atomic E-state index is 12.4. The first-order valence-corrected chi connectivity index (χ1v) is 10.8. The Balaban J connectivity index is 1.53. The maximum Gasteiger partial charge on any atom is 0.409 e. The van der Waals surface area contributed by atoms with E-state index in [4.69, 9.17) is 9.47 Å². The Morgan fingerprint density at radius 1 is 1.30 bits per heavy atom. The van der Waals surface area contributed by atoms with Crippen LogP contribution in [-0.2, 0) is 9.53 Å². The van der Waals surface area contributed by atoms with Crippen molar-refractivity contribution in [2.75, 3.05) is 32.6 Å². The first-order chi connectivity index (χ1) is 14.5. The number of piperidine rings is 1. The van der Waals surface area contributed by atoms with Gasteiger partial charge in [-0.3, -0.25) is 4.79 Å². The molecule has 2 amide bonds. The maximum absolute atomic E-state index is 12.4. The lowest BCUT2D eigenvalue weighted by Gasteiger charge is -2.31. The Morgan fingerprint density at radius 3 is 2.77 bits per heavy atom. The van der Waals surface area contributed by atoms with Crippen LogP contribution in [0.2, 0.25) is 0 Å². The third kappa shape index (κ3) is 5.41. The fraction of sp³-hybridized carbons (Fsp3) is 0.526. The minimum atomic E-state index is -0.295. The van der Waals surface area contributed by atoms with Crippen molar-refractivity contribution in [3.8, 4) is 11.4 Å². The van der Waals surface area contributed by atoms with E-state index < -0.39 is 0 Å². The Hall–Kier alpha value is -2.82. The van der Waals surface area contributed by atoms with Gasteiger partial charge in [-0.1, -0.05) is 17.8 Å². The molecule has 0 saturated carbocycles. The van der Waals surface area contributed by atoms with E-state index in [9.17, 15) is 9.59 Å². The van der Waals surface area contributed by atoms with Gasteiger partial charge in [0.05, 0.1) is 19.5 Å². The summed E-state index contributed by atoms with van der Waals surface area (Å²) >= 11 is 1.26. The van der Waals surface area contributed by atoms with Gasteiger partial charge < -0.3 is 19.7 Å². The number of methoxy groups -OCH3 is 1. The second-order valence-electron chi connectivity index (χ2n) is 6.86. The highest BCUT2D eigenvalue weighted by molar-refractivity contribution is 7.99. The zero-order chi connectivity index (χ0) is 21.5. The molecule has 1 fully saturated rings. The number of likely N-dealkylation sites (tertiary alicyclic amines) is 1. The average molecular weight is 435 g/mol. The van der Waals surface area contributed by atoms with E-state index >= 15 is 0 Å². The number of aromatic nitrogens is 4. The molecule has 3 rings (SSSR count). The molecule has 30 heavy (non-hydrogen) atoms. The summed E-state index contributed by atoms with van der Waals surface area (Å²) in [6.07, 6.45) is 1.11. The number of ether oxygens (including phenoxy) is 2. The zero-order valence-electron chi connectivity index (χ0n) is 17.3. The van der Waals surface area contributed by atoms with Crippen LogP contribution in [-0.4, -0.2) is 75.7 Å². The second kappa shape index (κ2) is 10.3. The van der Waals surface area contributed by atoms with Crippen LogP contribution in [0.15, 0.2) is 23.4 Å². The van der Waals surface area contributed by atoms with Crippen LogP contribution in [0.3, 0.4) is 0 Å². The number of carbonyl (C=O) groups excluding carboxylic acids is 2.